The van der Waals surface area contributed by atoms with Crippen molar-refractivity contribution < 1.29 is 14.0 Å². The molecule has 0 aliphatic heterocycles. The summed E-state index contributed by atoms with van der Waals surface area (Å²) in [6.45, 7) is 11.7. The summed E-state index contributed by atoms with van der Waals surface area (Å²) < 4.78 is 12.5. The maximum Gasteiger partial charge on any atom is 0.411 e. The summed E-state index contributed by atoms with van der Waals surface area (Å²) in [5, 5.41) is 2.97. The van der Waals surface area contributed by atoms with Crippen LogP contribution in [0.2, 0.25) is 18.1 Å². The Balaban J connectivity index is 2.03. The van der Waals surface area contributed by atoms with Crippen LogP contribution < -0.4 is 5.32 Å². The molecule has 1 amide bonds. The van der Waals surface area contributed by atoms with E-state index in [0.29, 0.717) is 12.3 Å². The fourth-order valence-corrected chi connectivity index (χ4v) is 3.45. The Kier molecular flexibility index (Phi) is 7.25. The fourth-order valence-electron chi connectivity index (χ4n) is 2.13. The van der Waals surface area contributed by atoms with E-state index >= 15 is 0 Å². The van der Waals surface area contributed by atoms with E-state index in [1.807, 2.05) is 48.5 Å². The summed E-state index contributed by atoms with van der Waals surface area (Å²) in [6, 6.07) is 15.4. The molecular formula is C21H28BrNO3Si. The lowest BCUT2D eigenvalue weighted by molar-refractivity contribution is 0.155. The third-order valence-electron chi connectivity index (χ3n) is 4.92. The van der Waals surface area contributed by atoms with E-state index in [1.165, 1.54) is 0 Å². The first-order valence-electron chi connectivity index (χ1n) is 8.98. The van der Waals surface area contributed by atoms with Crippen LogP contribution in [0.4, 0.5) is 10.5 Å². The summed E-state index contributed by atoms with van der Waals surface area (Å²) >= 11 is 3.46. The average molecular weight is 450 g/mol. The van der Waals surface area contributed by atoms with Gasteiger partial charge in [-0.05, 0) is 35.8 Å². The molecule has 2 aromatic carbocycles. The second kappa shape index (κ2) is 9.04. The Morgan fingerprint density at radius 2 is 1.74 bits per heavy atom. The van der Waals surface area contributed by atoms with Gasteiger partial charge in [-0.3, -0.25) is 5.32 Å². The number of carbonyl (C=O) groups is 1. The minimum Gasteiger partial charge on any atom is -0.444 e. The van der Waals surface area contributed by atoms with Crippen molar-refractivity contribution in [2.75, 3.05) is 5.32 Å². The monoisotopic (exact) mass is 449 g/mol. The Hall–Kier alpha value is -1.63. The summed E-state index contributed by atoms with van der Waals surface area (Å²) in [6.07, 6.45) is -0.481. The molecule has 0 fully saturated rings. The molecule has 146 valence electrons. The van der Waals surface area contributed by atoms with Crippen LogP contribution >= 0.6 is 15.9 Å². The topological polar surface area (TPSA) is 47.6 Å². The number of hydrogen-bond donors (Lipinski definition) is 1. The quantitative estimate of drug-likeness (QED) is 0.497. The molecule has 2 aromatic rings. The van der Waals surface area contributed by atoms with E-state index in [1.54, 1.807) is 0 Å². The number of benzene rings is 2. The average Bonchev–Trinajstić information content (AvgIpc) is 2.59. The minimum absolute atomic E-state index is 0.130. The molecule has 0 saturated carbocycles. The lowest BCUT2D eigenvalue weighted by Gasteiger charge is -2.36. The van der Waals surface area contributed by atoms with Gasteiger partial charge in [-0.1, -0.05) is 73.1 Å². The number of hydrogen-bond acceptors (Lipinski definition) is 3. The predicted molar refractivity (Wildman–Crippen MR) is 116 cm³/mol. The zero-order valence-electron chi connectivity index (χ0n) is 16.6. The van der Waals surface area contributed by atoms with E-state index in [2.05, 4.69) is 55.1 Å². The van der Waals surface area contributed by atoms with Gasteiger partial charge < -0.3 is 9.16 Å². The number of halogens is 1. The molecule has 0 aromatic heterocycles. The summed E-state index contributed by atoms with van der Waals surface area (Å²) in [5.74, 6) is 0. The normalized spacial score (nSPS) is 11.9. The number of anilines is 1. The second-order valence-electron chi connectivity index (χ2n) is 8.04. The van der Waals surface area contributed by atoms with Gasteiger partial charge in [0.05, 0.1) is 12.3 Å². The predicted octanol–water partition coefficient (Wildman–Crippen LogP) is 6.72. The molecule has 0 bridgehead atoms. The van der Waals surface area contributed by atoms with E-state index in [4.69, 9.17) is 9.16 Å². The molecular weight excluding hydrogens is 422 g/mol. The van der Waals surface area contributed by atoms with Crippen molar-refractivity contribution in [3.63, 3.8) is 0 Å². The highest BCUT2D eigenvalue weighted by atomic mass is 79.9. The molecule has 27 heavy (non-hydrogen) atoms. The smallest absolute Gasteiger partial charge is 0.411 e. The number of amides is 1. The van der Waals surface area contributed by atoms with Crippen LogP contribution in [0, 0.1) is 0 Å². The van der Waals surface area contributed by atoms with Gasteiger partial charge in [0.1, 0.15) is 6.61 Å². The van der Waals surface area contributed by atoms with Gasteiger partial charge in [0.2, 0.25) is 0 Å². The molecule has 4 nitrogen and oxygen atoms in total. The number of rotatable bonds is 6. The van der Waals surface area contributed by atoms with Crippen LogP contribution in [0.25, 0.3) is 0 Å². The van der Waals surface area contributed by atoms with Crippen molar-refractivity contribution in [3.8, 4) is 0 Å². The molecule has 2 rings (SSSR count). The van der Waals surface area contributed by atoms with Crippen LogP contribution in [0.5, 0.6) is 0 Å². The highest BCUT2D eigenvalue weighted by Crippen LogP contribution is 2.37. The second-order valence-corrected chi connectivity index (χ2v) is 13.8. The van der Waals surface area contributed by atoms with Crippen molar-refractivity contribution in [1.82, 2.24) is 0 Å². The highest BCUT2D eigenvalue weighted by Gasteiger charge is 2.37. The first-order chi connectivity index (χ1) is 12.6. The number of carbonyl (C=O) groups excluding carboxylic acids is 1. The Bertz CT molecular complexity index is 773. The maximum atomic E-state index is 12.2. The van der Waals surface area contributed by atoms with Gasteiger partial charge in [-0.15, -0.1) is 0 Å². The molecule has 0 unspecified atom stereocenters. The summed E-state index contributed by atoms with van der Waals surface area (Å²) in [5.41, 5.74) is 2.57. The molecule has 0 aliphatic rings. The largest absolute Gasteiger partial charge is 0.444 e. The highest BCUT2D eigenvalue weighted by molar-refractivity contribution is 9.10. The van der Waals surface area contributed by atoms with E-state index in [0.717, 1.165) is 15.6 Å². The number of ether oxygens (including phenoxy) is 1. The fraction of sp³-hybridized carbons (Fsp3) is 0.381. The molecule has 0 spiro atoms. The molecule has 6 heteroatoms. The third-order valence-corrected chi connectivity index (χ3v) is 9.89. The zero-order chi connectivity index (χ0) is 20.1. The summed E-state index contributed by atoms with van der Waals surface area (Å²) in [4.78, 5) is 12.2. The SMILES string of the molecule is CC(C)(C)[Si](C)(C)OCc1ccc(Br)cc1NC(=O)OCc1ccccc1. The van der Waals surface area contributed by atoms with E-state index < -0.39 is 14.4 Å². The zero-order valence-corrected chi connectivity index (χ0v) is 19.2. The van der Waals surface area contributed by atoms with Gasteiger partial charge in [0.15, 0.2) is 8.32 Å². The van der Waals surface area contributed by atoms with Crippen molar-refractivity contribution in [3.05, 3.63) is 64.1 Å². The summed E-state index contributed by atoms with van der Waals surface area (Å²) in [7, 11) is -1.88. The standard InChI is InChI=1S/C21H28BrNO3Si/c1-21(2,3)27(4,5)26-15-17-11-12-18(22)13-19(17)23-20(24)25-14-16-9-7-6-8-10-16/h6-13H,14-15H2,1-5H3,(H,23,24). The number of nitrogens with one attached hydrogen (secondary N) is 1. The molecule has 0 heterocycles. The molecule has 1 N–H and O–H groups in total. The molecule has 0 saturated heterocycles. The van der Waals surface area contributed by atoms with Crippen molar-refractivity contribution in [2.45, 2.75) is 52.1 Å². The Labute approximate surface area is 171 Å². The first kappa shape index (κ1) is 21.7. The van der Waals surface area contributed by atoms with Crippen molar-refractivity contribution in [1.29, 1.82) is 0 Å². The van der Waals surface area contributed by atoms with Gasteiger partial charge in [-0.2, -0.15) is 0 Å². The van der Waals surface area contributed by atoms with Crippen LogP contribution in [0.15, 0.2) is 53.0 Å². The minimum atomic E-state index is -1.88. The first-order valence-corrected chi connectivity index (χ1v) is 12.7. The molecule has 0 radical (unpaired) electrons. The van der Waals surface area contributed by atoms with Gasteiger partial charge >= 0.3 is 6.09 Å². The van der Waals surface area contributed by atoms with Crippen LogP contribution in [0.1, 0.15) is 31.9 Å². The molecule has 0 aliphatic carbocycles. The van der Waals surface area contributed by atoms with Crippen LogP contribution in [-0.4, -0.2) is 14.4 Å². The van der Waals surface area contributed by atoms with Crippen LogP contribution in [0.3, 0.4) is 0 Å². The van der Waals surface area contributed by atoms with E-state index in [9.17, 15) is 4.79 Å². The third kappa shape index (κ3) is 6.48. The van der Waals surface area contributed by atoms with Crippen molar-refractivity contribution in [2.24, 2.45) is 0 Å². The van der Waals surface area contributed by atoms with Crippen LogP contribution in [-0.2, 0) is 22.4 Å². The van der Waals surface area contributed by atoms with Gasteiger partial charge in [-0.25, -0.2) is 4.79 Å². The van der Waals surface area contributed by atoms with Crippen molar-refractivity contribution >= 4 is 36.0 Å². The van der Waals surface area contributed by atoms with Gasteiger partial charge in [0.25, 0.3) is 0 Å². The maximum absolute atomic E-state index is 12.2. The van der Waals surface area contributed by atoms with Gasteiger partial charge in [0, 0.05) is 10.0 Å². The lowest BCUT2D eigenvalue weighted by atomic mass is 10.2. The Morgan fingerprint density at radius 1 is 1.07 bits per heavy atom. The Morgan fingerprint density at radius 3 is 2.37 bits per heavy atom. The molecule has 0 atom stereocenters. The van der Waals surface area contributed by atoms with E-state index in [-0.39, 0.29) is 11.6 Å². The lowest BCUT2D eigenvalue weighted by Crippen LogP contribution is -2.40.